The van der Waals surface area contributed by atoms with E-state index in [9.17, 15) is 14.4 Å². The standard InChI is InChI=1S/C22H24N2O4/c1-14-11-19(15(2)23(14)4)21(26)13-28-22(27)12-20-18-8-6-5-7-17(18)9-10-24(20)16(3)25/h5-11,20H,12-13H2,1-4H3/t20-/m1/s1. The van der Waals surface area contributed by atoms with Crippen LogP contribution in [0.5, 0.6) is 0 Å². The minimum absolute atomic E-state index is 0.0129. The first-order chi connectivity index (χ1) is 13.3. The molecule has 0 spiro atoms. The van der Waals surface area contributed by atoms with Crippen molar-refractivity contribution in [3.63, 3.8) is 0 Å². The van der Waals surface area contributed by atoms with Crippen LogP contribution < -0.4 is 0 Å². The SMILES string of the molecule is CC(=O)N1C=Cc2ccccc2[C@H]1CC(=O)OCC(=O)c1cc(C)n(C)c1C. The van der Waals surface area contributed by atoms with E-state index in [-0.39, 0.29) is 24.7 Å². The predicted octanol–water partition coefficient (Wildman–Crippen LogP) is 3.33. The topological polar surface area (TPSA) is 68.6 Å². The quantitative estimate of drug-likeness (QED) is 0.589. The third-order valence-electron chi connectivity index (χ3n) is 5.27. The monoisotopic (exact) mass is 380 g/mol. The number of nitrogens with zero attached hydrogens (tertiary/aromatic N) is 2. The molecule has 0 unspecified atom stereocenters. The molecule has 146 valence electrons. The van der Waals surface area contributed by atoms with Crippen LogP contribution in [0.4, 0.5) is 0 Å². The average Bonchev–Trinajstić information content (AvgIpc) is 2.93. The van der Waals surface area contributed by atoms with Gasteiger partial charge >= 0.3 is 5.97 Å². The molecule has 0 bridgehead atoms. The van der Waals surface area contributed by atoms with Crippen molar-refractivity contribution in [3.05, 3.63) is 64.6 Å². The van der Waals surface area contributed by atoms with Gasteiger partial charge in [0.1, 0.15) is 0 Å². The van der Waals surface area contributed by atoms with Crippen molar-refractivity contribution in [2.24, 2.45) is 7.05 Å². The van der Waals surface area contributed by atoms with Crippen LogP contribution >= 0.6 is 0 Å². The van der Waals surface area contributed by atoms with E-state index in [0.717, 1.165) is 22.5 Å². The zero-order chi connectivity index (χ0) is 20.4. The lowest BCUT2D eigenvalue weighted by molar-refractivity contribution is -0.144. The lowest BCUT2D eigenvalue weighted by atomic mass is 9.94. The van der Waals surface area contributed by atoms with Crippen LogP contribution in [-0.4, -0.2) is 33.7 Å². The van der Waals surface area contributed by atoms with Gasteiger partial charge in [-0.3, -0.25) is 14.4 Å². The maximum Gasteiger partial charge on any atom is 0.308 e. The molecule has 0 radical (unpaired) electrons. The highest BCUT2D eigenvalue weighted by atomic mass is 16.5. The molecule has 6 nitrogen and oxygen atoms in total. The molecule has 1 aromatic carbocycles. The Morgan fingerprint density at radius 2 is 1.86 bits per heavy atom. The van der Waals surface area contributed by atoms with E-state index < -0.39 is 12.0 Å². The molecule has 2 aromatic rings. The zero-order valence-electron chi connectivity index (χ0n) is 16.6. The van der Waals surface area contributed by atoms with E-state index >= 15 is 0 Å². The predicted molar refractivity (Wildman–Crippen MR) is 106 cm³/mol. The third-order valence-corrected chi connectivity index (χ3v) is 5.27. The van der Waals surface area contributed by atoms with Gasteiger partial charge in [-0.1, -0.05) is 24.3 Å². The molecule has 1 aromatic heterocycles. The molecule has 2 heterocycles. The summed E-state index contributed by atoms with van der Waals surface area (Å²) in [4.78, 5) is 38.4. The van der Waals surface area contributed by atoms with Gasteiger partial charge in [-0.25, -0.2) is 0 Å². The van der Waals surface area contributed by atoms with Crippen molar-refractivity contribution in [3.8, 4) is 0 Å². The summed E-state index contributed by atoms with van der Waals surface area (Å²) in [5, 5.41) is 0. The van der Waals surface area contributed by atoms with Gasteiger partial charge < -0.3 is 14.2 Å². The van der Waals surface area contributed by atoms with Gasteiger partial charge in [0.2, 0.25) is 11.7 Å². The summed E-state index contributed by atoms with van der Waals surface area (Å²) in [5.74, 6) is -0.906. The lowest BCUT2D eigenvalue weighted by Gasteiger charge is -2.32. The van der Waals surface area contributed by atoms with Crippen LogP contribution in [0.2, 0.25) is 0 Å². The number of ether oxygens (including phenoxy) is 1. The van der Waals surface area contributed by atoms with Crippen LogP contribution in [0, 0.1) is 13.8 Å². The Morgan fingerprint density at radius 1 is 1.14 bits per heavy atom. The van der Waals surface area contributed by atoms with E-state index in [4.69, 9.17) is 4.74 Å². The maximum absolute atomic E-state index is 12.4. The maximum atomic E-state index is 12.4. The van der Waals surface area contributed by atoms with Crippen LogP contribution in [0.15, 0.2) is 36.5 Å². The summed E-state index contributed by atoms with van der Waals surface area (Å²) in [5.41, 5.74) is 4.22. The molecule has 1 atom stereocenters. The Morgan fingerprint density at radius 3 is 2.50 bits per heavy atom. The van der Waals surface area contributed by atoms with Crippen LogP contribution in [0.25, 0.3) is 6.08 Å². The lowest BCUT2D eigenvalue weighted by Crippen LogP contribution is -2.32. The summed E-state index contributed by atoms with van der Waals surface area (Å²) >= 11 is 0. The van der Waals surface area contributed by atoms with Crippen molar-refractivity contribution < 1.29 is 19.1 Å². The van der Waals surface area contributed by atoms with Crippen molar-refractivity contribution in [1.82, 2.24) is 9.47 Å². The van der Waals surface area contributed by atoms with Gasteiger partial charge in [0.05, 0.1) is 12.5 Å². The van der Waals surface area contributed by atoms with Gasteiger partial charge in [-0.15, -0.1) is 0 Å². The van der Waals surface area contributed by atoms with E-state index in [2.05, 4.69) is 0 Å². The number of rotatable bonds is 5. The summed E-state index contributed by atoms with van der Waals surface area (Å²) < 4.78 is 7.17. The average molecular weight is 380 g/mol. The van der Waals surface area contributed by atoms with Gasteiger partial charge in [-0.05, 0) is 37.1 Å². The molecular formula is C22H24N2O4. The number of aromatic nitrogens is 1. The van der Waals surface area contributed by atoms with Crippen molar-refractivity contribution in [2.45, 2.75) is 33.2 Å². The number of aryl methyl sites for hydroxylation is 1. The molecule has 28 heavy (non-hydrogen) atoms. The summed E-state index contributed by atoms with van der Waals surface area (Å²) in [6, 6.07) is 8.97. The number of fused-ring (bicyclic) bond motifs is 1. The number of benzene rings is 1. The van der Waals surface area contributed by atoms with Gasteiger partial charge in [-0.2, -0.15) is 0 Å². The third kappa shape index (κ3) is 3.76. The molecule has 0 saturated carbocycles. The molecule has 0 fully saturated rings. The first-order valence-electron chi connectivity index (χ1n) is 9.17. The largest absolute Gasteiger partial charge is 0.457 e. The molecule has 3 rings (SSSR count). The van der Waals surface area contributed by atoms with Gasteiger partial charge in [0.25, 0.3) is 0 Å². The van der Waals surface area contributed by atoms with Crippen molar-refractivity contribution >= 4 is 23.7 Å². The summed E-state index contributed by atoms with van der Waals surface area (Å²) in [6.45, 7) is 4.92. The second-order valence-corrected chi connectivity index (χ2v) is 7.02. The van der Waals surface area contributed by atoms with Crippen LogP contribution in [-0.2, 0) is 21.4 Å². The van der Waals surface area contributed by atoms with Crippen molar-refractivity contribution in [1.29, 1.82) is 0 Å². The van der Waals surface area contributed by atoms with Crippen molar-refractivity contribution in [2.75, 3.05) is 6.61 Å². The Balaban J connectivity index is 1.69. The molecule has 1 aliphatic heterocycles. The van der Waals surface area contributed by atoms with E-state index in [1.807, 2.05) is 55.8 Å². The number of amides is 1. The second kappa shape index (κ2) is 7.84. The molecule has 1 amide bonds. The molecule has 0 N–H and O–H groups in total. The number of carbonyl (C=O) groups is 3. The molecule has 0 aliphatic carbocycles. The highest BCUT2D eigenvalue weighted by Gasteiger charge is 2.29. The van der Waals surface area contributed by atoms with Gasteiger partial charge in [0.15, 0.2) is 6.61 Å². The number of ketones is 1. The highest BCUT2D eigenvalue weighted by molar-refractivity contribution is 5.99. The van der Waals surface area contributed by atoms with Gasteiger partial charge in [0, 0.05) is 37.1 Å². The molecular weight excluding hydrogens is 356 g/mol. The number of carbonyl (C=O) groups excluding carboxylic acids is 3. The van der Waals surface area contributed by atoms with E-state index in [1.165, 1.54) is 11.8 Å². The minimum Gasteiger partial charge on any atom is -0.457 e. The fraction of sp³-hybridized carbons (Fsp3) is 0.318. The van der Waals surface area contributed by atoms with E-state index in [1.54, 1.807) is 12.3 Å². The number of hydrogen-bond acceptors (Lipinski definition) is 4. The highest BCUT2D eigenvalue weighted by Crippen LogP contribution is 2.33. The fourth-order valence-corrected chi connectivity index (χ4v) is 3.49. The normalized spacial score (nSPS) is 15.3. The number of hydrogen-bond donors (Lipinski definition) is 0. The summed E-state index contributed by atoms with van der Waals surface area (Å²) in [6.07, 6.45) is 3.52. The fourth-order valence-electron chi connectivity index (χ4n) is 3.49. The smallest absolute Gasteiger partial charge is 0.308 e. The molecule has 1 aliphatic rings. The molecule has 0 saturated heterocycles. The Hall–Kier alpha value is -3.15. The second-order valence-electron chi connectivity index (χ2n) is 7.02. The first kappa shape index (κ1) is 19.6. The first-order valence-corrected chi connectivity index (χ1v) is 9.17. The van der Waals surface area contributed by atoms with E-state index in [0.29, 0.717) is 5.56 Å². The minimum atomic E-state index is -0.514. The number of esters is 1. The Kier molecular flexibility index (Phi) is 5.49. The Labute approximate surface area is 164 Å². The number of Topliss-reactive ketones (excluding diaryl/α,β-unsaturated/α-hetero) is 1. The zero-order valence-corrected chi connectivity index (χ0v) is 16.6. The van der Waals surface area contributed by atoms with Crippen LogP contribution in [0.3, 0.4) is 0 Å². The van der Waals surface area contributed by atoms with Crippen LogP contribution in [0.1, 0.15) is 52.3 Å². The summed E-state index contributed by atoms with van der Waals surface area (Å²) in [7, 11) is 1.89. The molecule has 6 heteroatoms. The Bertz CT molecular complexity index is 971.